The molecule has 10 nitrogen and oxygen atoms in total. The molecule has 1 N–H and O–H groups in total. The fourth-order valence-electron chi connectivity index (χ4n) is 5.25. The lowest BCUT2D eigenvalue weighted by atomic mass is 9.94. The number of anilines is 1. The number of amides is 1. The number of carbonyl (C=O) groups excluding carboxylic acids is 3. The van der Waals surface area contributed by atoms with Crippen molar-refractivity contribution in [2.24, 2.45) is 0 Å². The van der Waals surface area contributed by atoms with Gasteiger partial charge in [0.25, 0.3) is 5.78 Å². The number of aliphatic hydroxyl groups excluding tert-OH is 1. The lowest BCUT2D eigenvalue weighted by molar-refractivity contribution is -0.132. The van der Waals surface area contributed by atoms with E-state index in [-0.39, 0.29) is 33.7 Å². The van der Waals surface area contributed by atoms with Crippen LogP contribution in [0, 0.1) is 13.8 Å². The number of hydrogen-bond acceptors (Lipinski definition) is 10. The van der Waals surface area contributed by atoms with Crippen LogP contribution < -0.4 is 23.8 Å². The lowest BCUT2D eigenvalue weighted by Gasteiger charge is -2.24. The van der Waals surface area contributed by atoms with Crippen LogP contribution in [0.5, 0.6) is 23.0 Å². The van der Waals surface area contributed by atoms with E-state index in [4.69, 9.17) is 18.9 Å². The molecule has 0 aliphatic carbocycles. The summed E-state index contributed by atoms with van der Waals surface area (Å²) in [5.74, 6) is -0.988. The first-order valence-corrected chi connectivity index (χ1v) is 14.8. The highest BCUT2D eigenvalue weighted by atomic mass is 32.1. The minimum absolute atomic E-state index is 0.137. The van der Waals surface area contributed by atoms with E-state index in [9.17, 15) is 19.5 Å². The molecule has 3 aromatic carbocycles. The first-order chi connectivity index (χ1) is 21.6. The average Bonchev–Trinajstić information content (AvgIpc) is 3.55. The topological polar surface area (TPSA) is 124 Å². The molecule has 1 saturated heterocycles. The molecule has 11 heteroatoms. The number of ketones is 2. The molecule has 0 bridgehead atoms. The molecule has 1 aromatic heterocycles. The zero-order valence-electron chi connectivity index (χ0n) is 25.7. The van der Waals surface area contributed by atoms with Crippen molar-refractivity contribution < 1.29 is 38.4 Å². The molecular weight excluding hydrogens is 596 g/mol. The van der Waals surface area contributed by atoms with Gasteiger partial charge >= 0.3 is 5.91 Å². The van der Waals surface area contributed by atoms with Crippen LogP contribution in [-0.4, -0.2) is 48.9 Å². The lowest BCUT2D eigenvalue weighted by Crippen LogP contribution is -2.29. The Kier molecular flexibility index (Phi) is 8.92. The van der Waals surface area contributed by atoms with Gasteiger partial charge in [-0.1, -0.05) is 41.2 Å². The number of nitrogens with zero attached hydrogens (tertiary/aromatic N) is 2. The number of ether oxygens (including phenoxy) is 4. The van der Waals surface area contributed by atoms with Crippen LogP contribution in [0.1, 0.15) is 50.6 Å². The molecule has 4 aromatic rings. The van der Waals surface area contributed by atoms with E-state index in [2.05, 4.69) is 4.98 Å². The van der Waals surface area contributed by atoms with E-state index in [1.54, 1.807) is 43.3 Å². The largest absolute Gasteiger partial charge is 0.507 e. The second kappa shape index (κ2) is 12.8. The SMILES string of the molecule is COc1cc(C2/C(=C(\O)c3ccc(OCc4cccc(C)c4)cc3)C(=O)C(=O)N2c2nc(C)c(C(C)=O)s2)cc(OC)c1OC. The Morgan fingerprint density at radius 3 is 2.18 bits per heavy atom. The fourth-order valence-corrected chi connectivity index (χ4v) is 6.24. The van der Waals surface area contributed by atoms with Crippen LogP contribution in [-0.2, 0) is 16.2 Å². The predicted octanol–water partition coefficient (Wildman–Crippen LogP) is 6.19. The monoisotopic (exact) mass is 628 g/mol. The maximum absolute atomic E-state index is 13.7. The van der Waals surface area contributed by atoms with Gasteiger partial charge in [-0.15, -0.1) is 0 Å². The fraction of sp³-hybridized carbons (Fsp3) is 0.235. The average molecular weight is 629 g/mol. The van der Waals surface area contributed by atoms with Gasteiger partial charge in [0.15, 0.2) is 22.4 Å². The summed E-state index contributed by atoms with van der Waals surface area (Å²) in [5.41, 5.74) is 3.08. The van der Waals surface area contributed by atoms with Crippen molar-refractivity contribution >= 4 is 39.7 Å². The van der Waals surface area contributed by atoms with E-state index in [1.165, 1.54) is 33.2 Å². The number of aryl methyl sites for hydroxylation is 2. The summed E-state index contributed by atoms with van der Waals surface area (Å²) in [6.45, 7) is 5.43. The van der Waals surface area contributed by atoms with Crippen molar-refractivity contribution in [3.05, 3.63) is 99.1 Å². The van der Waals surface area contributed by atoms with Gasteiger partial charge in [0.2, 0.25) is 5.75 Å². The molecular formula is C34H32N2O8S. The minimum Gasteiger partial charge on any atom is -0.507 e. The highest BCUT2D eigenvalue weighted by molar-refractivity contribution is 7.18. The molecule has 0 spiro atoms. The summed E-state index contributed by atoms with van der Waals surface area (Å²) in [7, 11) is 4.36. The molecule has 1 fully saturated rings. The van der Waals surface area contributed by atoms with Crippen molar-refractivity contribution in [3.8, 4) is 23.0 Å². The third-order valence-electron chi connectivity index (χ3n) is 7.37. The molecule has 45 heavy (non-hydrogen) atoms. The van der Waals surface area contributed by atoms with E-state index in [0.29, 0.717) is 39.8 Å². The third-order valence-corrected chi connectivity index (χ3v) is 8.63. The van der Waals surface area contributed by atoms with Crippen molar-refractivity contribution in [1.29, 1.82) is 0 Å². The van der Waals surface area contributed by atoms with Gasteiger partial charge in [-0.05, 0) is 61.4 Å². The molecule has 1 atom stereocenters. The zero-order chi connectivity index (χ0) is 32.4. The molecule has 0 radical (unpaired) electrons. The number of thiazole rings is 1. The Labute approximate surface area is 264 Å². The van der Waals surface area contributed by atoms with Crippen molar-refractivity contribution in [1.82, 2.24) is 4.98 Å². The summed E-state index contributed by atoms with van der Waals surface area (Å²) in [4.78, 5) is 45.6. The first-order valence-electron chi connectivity index (χ1n) is 14.0. The summed E-state index contributed by atoms with van der Waals surface area (Å²) >= 11 is 0.997. The number of aliphatic hydroxyl groups is 1. The summed E-state index contributed by atoms with van der Waals surface area (Å²) in [6, 6.07) is 16.6. The molecule has 5 rings (SSSR count). The van der Waals surface area contributed by atoms with Gasteiger partial charge < -0.3 is 24.1 Å². The second-order valence-electron chi connectivity index (χ2n) is 10.4. The Morgan fingerprint density at radius 2 is 1.62 bits per heavy atom. The van der Waals surface area contributed by atoms with Crippen molar-refractivity contribution in [2.75, 3.05) is 26.2 Å². The Hall–Kier alpha value is -5.16. The molecule has 2 heterocycles. The number of Topliss-reactive ketones (excluding diaryl/α,β-unsaturated/α-hetero) is 2. The summed E-state index contributed by atoms with van der Waals surface area (Å²) in [6.07, 6.45) is 0. The Morgan fingerprint density at radius 1 is 0.956 bits per heavy atom. The van der Waals surface area contributed by atoms with E-state index >= 15 is 0 Å². The molecule has 1 aliphatic rings. The highest BCUT2D eigenvalue weighted by Crippen LogP contribution is 2.48. The normalized spacial score (nSPS) is 15.7. The molecule has 232 valence electrons. The Bertz CT molecular complexity index is 1800. The van der Waals surface area contributed by atoms with E-state index in [0.717, 1.165) is 22.5 Å². The van der Waals surface area contributed by atoms with Crippen LogP contribution in [0.15, 0.2) is 66.2 Å². The summed E-state index contributed by atoms with van der Waals surface area (Å²) < 4.78 is 22.5. The smallest absolute Gasteiger partial charge is 0.301 e. The first kappa shape index (κ1) is 31.3. The number of rotatable bonds is 10. The predicted molar refractivity (Wildman–Crippen MR) is 170 cm³/mol. The van der Waals surface area contributed by atoms with Gasteiger partial charge in [-0.2, -0.15) is 0 Å². The van der Waals surface area contributed by atoms with E-state index < -0.39 is 17.7 Å². The van der Waals surface area contributed by atoms with Gasteiger partial charge in [0.1, 0.15) is 18.1 Å². The number of methoxy groups -OCH3 is 3. The number of aromatic nitrogens is 1. The third kappa shape index (κ3) is 5.99. The molecule has 1 unspecified atom stereocenters. The maximum Gasteiger partial charge on any atom is 0.301 e. The van der Waals surface area contributed by atoms with Crippen LogP contribution in [0.4, 0.5) is 5.13 Å². The number of benzene rings is 3. The van der Waals surface area contributed by atoms with Crippen LogP contribution >= 0.6 is 11.3 Å². The number of hydrogen-bond donors (Lipinski definition) is 1. The Balaban J connectivity index is 1.61. The van der Waals surface area contributed by atoms with Crippen LogP contribution in [0.3, 0.4) is 0 Å². The quantitative estimate of drug-likeness (QED) is 0.0947. The van der Waals surface area contributed by atoms with Crippen LogP contribution in [0.2, 0.25) is 0 Å². The molecule has 0 saturated carbocycles. The van der Waals surface area contributed by atoms with Crippen molar-refractivity contribution in [2.45, 2.75) is 33.4 Å². The van der Waals surface area contributed by atoms with Crippen LogP contribution in [0.25, 0.3) is 5.76 Å². The van der Waals surface area contributed by atoms with Gasteiger partial charge in [0, 0.05) is 12.5 Å². The van der Waals surface area contributed by atoms with Crippen molar-refractivity contribution in [3.63, 3.8) is 0 Å². The highest BCUT2D eigenvalue weighted by Gasteiger charge is 2.49. The standard InChI is InChI=1S/C34H32N2O8S/c1-18-8-7-9-21(14-18)17-44-24-12-10-22(11-13-24)29(38)27-28(23-15-25(41-4)31(43-6)26(16-23)42-5)36(33(40)30(27)39)34-35-19(2)32(45-34)20(3)37/h7-16,28,38H,17H2,1-6H3/b29-27+. The number of carbonyl (C=O) groups is 3. The van der Waals surface area contributed by atoms with Gasteiger partial charge in [-0.25, -0.2) is 4.98 Å². The minimum atomic E-state index is -1.14. The van der Waals surface area contributed by atoms with E-state index in [1.807, 2.05) is 31.2 Å². The molecule has 1 aliphatic heterocycles. The second-order valence-corrected chi connectivity index (χ2v) is 11.4. The maximum atomic E-state index is 13.7. The van der Waals surface area contributed by atoms with Gasteiger partial charge in [-0.3, -0.25) is 19.3 Å². The zero-order valence-corrected chi connectivity index (χ0v) is 26.5. The summed E-state index contributed by atoms with van der Waals surface area (Å²) in [5, 5.41) is 11.8. The van der Waals surface area contributed by atoms with Gasteiger partial charge in [0.05, 0.1) is 43.5 Å². The molecule has 1 amide bonds.